The van der Waals surface area contributed by atoms with E-state index >= 15 is 0 Å². The Morgan fingerprint density at radius 1 is 1.24 bits per heavy atom. The number of rotatable bonds is 5. The molecule has 0 radical (unpaired) electrons. The van der Waals surface area contributed by atoms with E-state index in [9.17, 15) is 36.3 Å². The molecule has 3 heterocycles. The van der Waals surface area contributed by atoms with E-state index in [1.165, 1.54) is 0 Å². The second-order valence-corrected chi connectivity index (χ2v) is 5.77. The molecule has 29 heavy (non-hydrogen) atoms. The van der Waals surface area contributed by atoms with Crippen LogP contribution in [0.15, 0.2) is 17.1 Å². The van der Waals surface area contributed by atoms with E-state index in [0.717, 1.165) is 16.8 Å². The van der Waals surface area contributed by atoms with Crippen LogP contribution in [0, 0.1) is 0 Å². The maximum absolute atomic E-state index is 13.0. The molecule has 0 unspecified atom stereocenters. The zero-order valence-corrected chi connectivity index (χ0v) is 13.8. The number of carbonyl (C=O) groups is 2. The van der Waals surface area contributed by atoms with Gasteiger partial charge in [-0.2, -0.15) is 26.9 Å². The molecular weight excluding hydrogens is 421 g/mol. The standard InChI is InChI=1S/C13H10F5N3O8/c14-12(15,13(16,17)18)9(22)26-3-4-6-7(29-11(24)28-6)8(27-4)21-2-1-5(20-25)19-10(21)23/h1-2,4,6-8,25H,3H2,(H,19,20,23)/t4-,6-,7-,8-/m1/s1. The summed E-state index contributed by atoms with van der Waals surface area (Å²) in [6, 6.07) is 1.12. The van der Waals surface area contributed by atoms with Gasteiger partial charge in [0.25, 0.3) is 0 Å². The van der Waals surface area contributed by atoms with Crippen molar-refractivity contribution >= 4 is 17.9 Å². The number of ether oxygens (including phenoxy) is 4. The Hall–Kier alpha value is -3.01. The first-order chi connectivity index (χ1) is 13.5. The fourth-order valence-electron chi connectivity index (χ4n) is 2.62. The molecule has 0 saturated carbocycles. The first-order valence-corrected chi connectivity index (χ1v) is 7.59. The van der Waals surface area contributed by atoms with E-state index in [0.29, 0.717) is 0 Å². The molecule has 0 amide bonds. The minimum absolute atomic E-state index is 0.236. The van der Waals surface area contributed by atoms with Crippen molar-refractivity contribution in [3.63, 3.8) is 0 Å². The third-order valence-corrected chi connectivity index (χ3v) is 3.96. The quantitative estimate of drug-likeness (QED) is 0.387. The Bertz CT molecular complexity index is 875. The molecule has 2 fully saturated rings. The summed E-state index contributed by atoms with van der Waals surface area (Å²) in [7, 11) is 0. The molecule has 0 bridgehead atoms. The summed E-state index contributed by atoms with van der Waals surface area (Å²) in [5.74, 6) is -8.88. The molecule has 0 aromatic carbocycles. The summed E-state index contributed by atoms with van der Waals surface area (Å²) in [6.45, 7) is -1.16. The van der Waals surface area contributed by atoms with Crippen molar-refractivity contribution < 1.29 is 55.7 Å². The molecule has 0 aliphatic carbocycles. The molecule has 160 valence electrons. The van der Waals surface area contributed by atoms with Crippen LogP contribution in [0.3, 0.4) is 0 Å². The third kappa shape index (κ3) is 3.67. The molecule has 1 aromatic heterocycles. The van der Waals surface area contributed by atoms with E-state index in [1.54, 1.807) is 5.48 Å². The van der Waals surface area contributed by atoms with Gasteiger partial charge in [0.2, 0.25) is 0 Å². The molecule has 2 N–H and O–H groups in total. The fourth-order valence-corrected chi connectivity index (χ4v) is 2.62. The highest BCUT2D eigenvalue weighted by molar-refractivity contribution is 5.78. The number of halogens is 5. The fraction of sp³-hybridized carbons (Fsp3) is 0.538. The van der Waals surface area contributed by atoms with Crippen LogP contribution in [0.25, 0.3) is 0 Å². The Morgan fingerprint density at radius 3 is 2.48 bits per heavy atom. The van der Waals surface area contributed by atoms with Gasteiger partial charge in [0.05, 0.1) is 0 Å². The molecule has 1 aromatic rings. The first-order valence-electron chi connectivity index (χ1n) is 7.59. The first kappa shape index (κ1) is 20.7. The van der Waals surface area contributed by atoms with E-state index in [1.807, 2.05) is 0 Å². The molecule has 4 atom stereocenters. The molecule has 11 nitrogen and oxygen atoms in total. The molecule has 2 aliphatic rings. The van der Waals surface area contributed by atoms with Crippen LogP contribution in [0.5, 0.6) is 0 Å². The van der Waals surface area contributed by atoms with Crippen LogP contribution in [0.2, 0.25) is 0 Å². The summed E-state index contributed by atoms with van der Waals surface area (Å²) in [5.41, 5.74) is 0.608. The number of esters is 1. The number of aromatic nitrogens is 2. The largest absolute Gasteiger partial charge is 0.509 e. The molecule has 2 saturated heterocycles. The van der Waals surface area contributed by atoms with Crippen molar-refractivity contribution in [2.75, 3.05) is 12.1 Å². The zero-order valence-electron chi connectivity index (χ0n) is 13.8. The van der Waals surface area contributed by atoms with Crippen LogP contribution < -0.4 is 11.2 Å². The van der Waals surface area contributed by atoms with Crippen molar-refractivity contribution in [2.45, 2.75) is 36.6 Å². The van der Waals surface area contributed by atoms with Crippen LogP contribution in [-0.4, -0.2) is 63.9 Å². The number of anilines is 1. The van der Waals surface area contributed by atoms with Gasteiger partial charge in [-0.1, -0.05) is 0 Å². The van der Waals surface area contributed by atoms with Gasteiger partial charge in [-0.3, -0.25) is 15.3 Å². The predicted molar refractivity (Wildman–Crippen MR) is 74.9 cm³/mol. The summed E-state index contributed by atoms with van der Waals surface area (Å²) in [5, 5.41) is 8.72. The summed E-state index contributed by atoms with van der Waals surface area (Å²) in [4.78, 5) is 37.9. The van der Waals surface area contributed by atoms with E-state index in [2.05, 4.69) is 9.72 Å². The van der Waals surface area contributed by atoms with Crippen molar-refractivity contribution in [2.24, 2.45) is 0 Å². The highest BCUT2D eigenvalue weighted by atomic mass is 19.4. The van der Waals surface area contributed by atoms with Crippen molar-refractivity contribution in [1.29, 1.82) is 0 Å². The van der Waals surface area contributed by atoms with Gasteiger partial charge in [-0.25, -0.2) is 14.4 Å². The van der Waals surface area contributed by atoms with E-state index in [-0.39, 0.29) is 5.82 Å². The van der Waals surface area contributed by atoms with Gasteiger partial charge in [0.1, 0.15) is 12.7 Å². The number of carbonyl (C=O) groups excluding carboxylic acids is 2. The molecule has 16 heteroatoms. The lowest BCUT2D eigenvalue weighted by molar-refractivity contribution is -0.281. The molecule has 3 rings (SSSR count). The normalized spacial score (nSPS) is 26.5. The van der Waals surface area contributed by atoms with Crippen molar-refractivity contribution in [3.8, 4) is 0 Å². The zero-order chi connectivity index (χ0) is 21.6. The van der Waals surface area contributed by atoms with Crippen LogP contribution in [-0.2, 0) is 23.7 Å². The summed E-state index contributed by atoms with van der Waals surface area (Å²) < 4.78 is 82.2. The van der Waals surface area contributed by atoms with Gasteiger partial charge in [-0.05, 0) is 6.07 Å². The Balaban J connectivity index is 1.77. The highest BCUT2D eigenvalue weighted by Crippen LogP contribution is 2.39. The topological polar surface area (TPSA) is 138 Å². The number of hydrogen-bond acceptors (Lipinski definition) is 10. The second kappa shape index (κ2) is 7.11. The van der Waals surface area contributed by atoms with E-state index < -0.39 is 61.1 Å². The molecular formula is C13H10F5N3O8. The predicted octanol–water partition coefficient (Wildman–Crippen LogP) is 0.587. The monoisotopic (exact) mass is 431 g/mol. The number of fused-ring (bicyclic) bond motifs is 1. The minimum Gasteiger partial charge on any atom is -0.458 e. The minimum atomic E-state index is -6.17. The van der Waals surface area contributed by atoms with E-state index in [4.69, 9.17) is 19.4 Å². The smallest absolute Gasteiger partial charge is 0.458 e. The maximum Gasteiger partial charge on any atom is 0.509 e. The third-order valence-electron chi connectivity index (χ3n) is 3.96. The van der Waals surface area contributed by atoms with Gasteiger partial charge in [0, 0.05) is 6.20 Å². The van der Waals surface area contributed by atoms with Gasteiger partial charge < -0.3 is 18.9 Å². The lowest BCUT2D eigenvalue weighted by atomic mass is 10.1. The van der Waals surface area contributed by atoms with Gasteiger partial charge >= 0.3 is 29.9 Å². The average Bonchev–Trinajstić information content (AvgIpc) is 3.16. The summed E-state index contributed by atoms with van der Waals surface area (Å²) >= 11 is 0. The number of nitrogens with zero attached hydrogens (tertiary/aromatic N) is 2. The van der Waals surface area contributed by atoms with Crippen molar-refractivity contribution in [1.82, 2.24) is 9.55 Å². The Morgan fingerprint density at radius 2 is 1.90 bits per heavy atom. The van der Waals surface area contributed by atoms with Crippen molar-refractivity contribution in [3.05, 3.63) is 22.7 Å². The van der Waals surface area contributed by atoms with Gasteiger partial charge in [0.15, 0.2) is 24.3 Å². The Labute approximate surface area is 155 Å². The molecule has 2 aliphatic heterocycles. The average molecular weight is 431 g/mol. The number of alkyl halides is 5. The molecule has 0 spiro atoms. The second-order valence-electron chi connectivity index (χ2n) is 5.77. The van der Waals surface area contributed by atoms with Crippen LogP contribution in [0.4, 0.5) is 32.6 Å². The Kier molecular flexibility index (Phi) is 5.08. The lowest BCUT2D eigenvalue weighted by Gasteiger charge is -2.20. The number of hydrogen-bond donors (Lipinski definition) is 2. The van der Waals surface area contributed by atoms with Gasteiger partial charge in [-0.15, -0.1) is 0 Å². The highest BCUT2D eigenvalue weighted by Gasteiger charge is 2.65. The van der Waals surface area contributed by atoms with Crippen LogP contribution >= 0.6 is 0 Å². The SMILES string of the molecule is O=C1O[C@@H]2[C@H](O1)[C@@H](COC(=O)C(F)(F)C(F)(F)F)O[C@H]2n1ccc(NO)nc1=O. The number of nitrogens with one attached hydrogen (secondary N) is 1. The maximum atomic E-state index is 13.0. The lowest BCUT2D eigenvalue weighted by Crippen LogP contribution is -2.46. The van der Waals surface area contributed by atoms with Crippen LogP contribution in [0.1, 0.15) is 6.23 Å². The summed E-state index contributed by atoms with van der Waals surface area (Å²) in [6.07, 6.45) is -12.0.